The summed E-state index contributed by atoms with van der Waals surface area (Å²) < 4.78 is 1.86. The van der Waals surface area contributed by atoms with Gasteiger partial charge in [-0.25, -0.2) is 4.98 Å². The maximum absolute atomic E-state index is 11.9. The van der Waals surface area contributed by atoms with Gasteiger partial charge in [0.1, 0.15) is 5.82 Å². The zero-order valence-electron chi connectivity index (χ0n) is 9.66. The van der Waals surface area contributed by atoms with E-state index in [1.54, 1.807) is 6.07 Å². The van der Waals surface area contributed by atoms with Crippen LogP contribution in [0.4, 0.5) is 0 Å². The largest absolute Gasteiger partial charge is 0.294 e. The van der Waals surface area contributed by atoms with E-state index in [1.807, 2.05) is 4.57 Å². The lowest BCUT2D eigenvalue weighted by Crippen LogP contribution is -2.31. The molecule has 0 saturated heterocycles. The van der Waals surface area contributed by atoms with Crippen molar-refractivity contribution in [2.24, 2.45) is 0 Å². The third kappa shape index (κ3) is 1.83. The van der Waals surface area contributed by atoms with Gasteiger partial charge in [0, 0.05) is 18.5 Å². The summed E-state index contributed by atoms with van der Waals surface area (Å²) >= 11 is 0. The first-order valence-corrected chi connectivity index (χ1v) is 5.72. The smallest absolute Gasteiger partial charge is 0.253 e. The topological polar surface area (TPSA) is 34.9 Å². The van der Waals surface area contributed by atoms with Crippen molar-refractivity contribution in [1.82, 2.24) is 9.55 Å². The molecule has 1 aromatic heterocycles. The lowest BCUT2D eigenvalue weighted by molar-refractivity contribution is 0.402. The van der Waals surface area contributed by atoms with Gasteiger partial charge in [-0.1, -0.05) is 13.8 Å². The molecule has 82 valence electrons. The van der Waals surface area contributed by atoms with E-state index in [-0.39, 0.29) is 5.56 Å². The van der Waals surface area contributed by atoms with Gasteiger partial charge < -0.3 is 0 Å². The molecule has 0 aliphatic carbocycles. The molecule has 3 heteroatoms. The normalized spacial score (nSPS) is 20.4. The van der Waals surface area contributed by atoms with Crippen molar-refractivity contribution in [1.29, 1.82) is 0 Å². The Balaban J connectivity index is 2.56. The van der Waals surface area contributed by atoms with Crippen LogP contribution in [0.5, 0.6) is 0 Å². The number of nitrogens with zero attached hydrogens (tertiary/aromatic N) is 2. The van der Waals surface area contributed by atoms with Crippen LogP contribution in [0, 0.1) is 0 Å². The zero-order valence-corrected chi connectivity index (χ0v) is 9.66. The van der Waals surface area contributed by atoms with Gasteiger partial charge in [0.25, 0.3) is 5.56 Å². The fraction of sp³-hybridized carbons (Fsp3) is 0.667. The maximum Gasteiger partial charge on any atom is 0.253 e. The molecule has 15 heavy (non-hydrogen) atoms. The Morgan fingerprint density at radius 2 is 2.27 bits per heavy atom. The molecule has 0 radical (unpaired) electrons. The highest BCUT2D eigenvalue weighted by molar-refractivity contribution is 5.10. The molecule has 0 spiro atoms. The Labute approximate surface area is 90.2 Å². The summed E-state index contributed by atoms with van der Waals surface area (Å²) in [5.74, 6) is 1.31. The minimum Gasteiger partial charge on any atom is -0.294 e. The van der Waals surface area contributed by atoms with Gasteiger partial charge in [-0.2, -0.15) is 0 Å². The van der Waals surface area contributed by atoms with E-state index in [0.29, 0.717) is 12.0 Å². The highest BCUT2D eigenvalue weighted by Gasteiger charge is 2.19. The van der Waals surface area contributed by atoms with E-state index >= 15 is 0 Å². The second-order valence-corrected chi connectivity index (χ2v) is 4.70. The zero-order chi connectivity index (χ0) is 11.0. The molecular formula is C12H18N2O. The first-order chi connectivity index (χ1) is 7.09. The predicted molar refractivity (Wildman–Crippen MR) is 60.2 cm³/mol. The molecule has 0 bridgehead atoms. The van der Waals surface area contributed by atoms with Crippen LogP contribution in [0.25, 0.3) is 0 Å². The Hall–Kier alpha value is -1.12. The van der Waals surface area contributed by atoms with Crippen molar-refractivity contribution in [3.63, 3.8) is 0 Å². The quantitative estimate of drug-likeness (QED) is 0.706. The minimum absolute atomic E-state index is 0.121. The van der Waals surface area contributed by atoms with Gasteiger partial charge >= 0.3 is 0 Å². The third-order valence-electron chi connectivity index (χ3n) is 3.10. The molecule has 0 amide bonds. The molecule has 1 aliphatic heterocycles. The monoisotopic (exact) mass is 206 g/mol. The summed E-state index contributed by atoms with van der Waals surface area (Å²) in [6.07, 6.45) is 3.19. The van der Waals surface area contributed by atoms with Crippen molar-refractivity contribution in [2.45, 2.75) is 52.0 Å². The predicted octanol–water partition coefficient (Wildman–Crippen LogP) is 2.26. The standard InChI is InChI=1S/C12H18N2O/c1-8(2)10-7-12(15)14-9(3)5-4-6-11(14)13-10/h7-9H,4-6H2,1-3H3. The van der Waals surface area contributed by atoms with Crippen molar-refractivity contribution in [2.75, 3.05) is 0 Å². The Kier molecular flexibility index (Phi) is 2.63. The maximum atomic E-state index is 11.9. The van der Waals surface area contributed by atoms with E-state index in [4.69, 9.17) is 0 Å². The van der Waals surface area contributed by atoms with E-state index in [2.05, 4.69) is 25.8 Å². The summed E-state index contributed by atoms with van der Waals surface area (Å²) in [6.45, 7) is 6.25. The lowest BCUT2D eigenvalue weighted by Gasteiger charge is -2.24. The van der Waals surface area contributed by atoms with Crippen LogP contribution in [0.1, 0.15) is 57.1 Å². The van der Waals surface area contributed by atoms with Crippen LogP contribution in [0.3, 0.4) is 0 Å². The first-order valence-electron chi connectivity index (χ1n) is 5.72. The fourth-order valence-corrected chi connectivity index (χ4v) is 2.19. The van der Waals surface area contributed by atoms with Crippen LogP contribution in [-0.4, -0.2) is 9.55 Å². The average molecular weight is 206 g/mol. The van der Waals surface area contributed by atoms with E-state index in [9.17, 15) is 4.79 Å². The molecule has 2 rings (SSSR count). The summed E-state index contributed by atoms with van der Waals surface area (Å²) in [7, 11) is 0. The summed E-state index contributed by atoms with van der Waals surface area (Å²) in [4.78, 5) is 16.5. The molecule has 1 aliphatic rings. The van der Waals surface area contributed by atoms with E-state index in [0.717, 1.165) is 30.8 Å². The molecule has 1 atom stereocenters. The van der Waals surface area contributed by atoms with Crippen molar-refractivity contribution >= 4 is 0 Å². The molecule has 1 unspecified atom stereocenters. The molecule has 1 aromatic rings. The van der Waals surface area contributed by atoms with Crippen LogP contribution >= 0.6 is 0 Å². The molecular weight excluding hydrogens is 188 g/mol. The van der Waals surface area contributed by atoms with Crippen LogP contribution < -0.4 is 5.56 Å². The Bertz CT molecular complexity index is 420. The minimum atomic E-state index is 0.121. The van der Waals surface area contributed by atoms with Crippen molar-refractivity contribution < 1.29 is 0 Å². The molecule has 2 heterocycles. The Morgan fingerprint density at radius 1 is 1.53 bits per heavy atom. The average Bonchev–Trinajstić information content (AvgIpc) is 2.17. The van der Waals surface area contributed by atoms with Crippen molar-refractivity contribution in [3.8, 4) is 0 Å². The molecule has 0 aromatic carbocycles. The number of hydrogen-bond donors (Lipinski definition) is 0. The van der Waals surface area contributed by atoms with Gasteiger partial charge in [-0.05, 0) is 25.7 Å². The Morgan fingerprint density at radius 3 is 2.93 bits per heavy atom. The van der Waals surface area contributed by atoms with E-state index < -0.39 is 0 Å². The molecule has 0 fully saturated rings. The van der Waals surface area contributed by atoms with E-state index in [1.165, 1.54) is 0 Å². The lowest BCUT2D eigenvalue weighted by atomic mass is 10.0. The summed E-state index contributed by atoms with van der Waals surface area (Å²) in [6, 6.07) is 2.01. The second-order valence-electron chi connectivity index (χ2n) is 4.70. The van der Waals surface area contributed by atoms with Gasteiger partial charge in [0.15, 0.2) is 0 Å². The van der Waals surface area contributed by atoms with Gasteiger partial charge in [-0.3, -0.25) is 9.36 Å². The number of fused-ring (bicyclic) bond motifs is 1. The summed E-state index contributed by atoms with van der Waals surface area (Å²) in [5.41, 5.74) is 1.05. The van der Waals surface area contributed by atoms with Gasteiger partial charge in [-0.15, -0.1) is 0 Å². The van der Waals surface area contributed by atoms with Crippen LogP contribution in [0.2, 0.25) is 0 Å². The van der Waals surface area contributed by atoms with Crippen LogP contribution in [-0.2, 0) is 6.42 Å². The number of hydrogen-bond acceptors (Lipinski definition) is 2. The number of aromatic nitrogens is 2. The fourth-order valence-electron chi connectivity index (χ4n) is 2.19. The van der Waals surface area contributed by atoms with Crippen molar-refractivity contribution in [3.05, 3.63) is 27.9 Å². The molecule has 0 N–H and O–H groups in total. The van der Waals surface area contributed by atoms with Gasteiger partial charge in [0.05, 0.1) is 5.69 Å². The SMILES string of the molecule is CC(C)c1cc(=O)n2c(n1)CCCC2C. The molecule has 3 nitrogen and oxygen atoms in total. The number of rotatable bonds is 1. The molecule has 0 saturated carbocycles. The number of aryl methyl sites for hydroxylation is 1. The highest BCUT2D eigenvalue weighted by atomic mass is 16.1. The van der Waals surface area contributed by atoms with Crippen LogP contribution in [0.15, 0.2) is 10.9 Å². The summed E-state index contributed by atoms with van der Waals surface area (Å²) in [5, 5.41) is 0. The second kappa shape index (κ2) is 3.80. The van der Waals surface area contributed by atoms with Gasteiger partial charge in [0.2, 0.25) is 0 Å². The third-order valence-corrected chi connectivity index (χ3v) is 3.10. The highest BCUT2D eigenvalue weighted by Crippen LogP contribution is 2.21. The first kappa shape index (κ1) is 10.4.